The summed E-state index contributed by atoms with van der Waals surface area (Å²) >= 11 is 0. The van der Waals surface area contributed by atoms with Gasteiger partial charge in [-0.25, -0.2) is 0 Å². The second-order valence-electron chi connectivity index (χ2n) is 5.24. The van der Waals surface area contributed by atoms with Crippen molar-refractivity contribution in [2.24, 2.45) is 5.41 Å². The normalized spacial score (nSPS) is 19.4. The Morgan fingerprint density at radius 2 is 1.94 bits per heavy atom. The molecule has 1 N–H and O–H groups in total. The fourth-order valence-corrected chi connectivity index (χ4v) is 2.35. The van der Waals surface area contributed by atoms with Gasteiger partial charge in [0.2, 0.25) is 5.91 Å². The molecule has 0 atom stereocenters. The third-order valence-electron chi connectivity index (χ3n) is 3.67. The maximum absolute atomic E-state index is 12.3. The average molecular weight is 226 g/mol. The van der Waals surface area contributed by atoms with Crippen molar-refractivity contribution in [1.82, 2.24) is 10.2 Å². The maximum atomic E-state index is 12.3. The standard InChI is InChI=1S/C13H26N2O/c1-4-5-6-11-15(3)12(16)13(2)7-9-14-10-8-13/h14H,4-11H2,1-3H3. The lowest BCUT2D eigenvalue weighted by Gasteiger charge is -2.36. The van der Waals surface area contributed by atoms with Crippen LogP contribution in [-0.4, -0.2) is 37.5 Å². The SMILES string of the molecule is CCCCCN(C)C(=O)C1(C)CCNCC1. The molecule has 1 fully saturated rings. The lowest BCUT2D eigenvalue weighted by atomic mass is 9.79. The van der Waals surface area contributed by atoms with Crippen molar-refractivity contribution in [1.29, 1.82) is 0 Å². The Balaban J connectivity index is 2.41. The lowest BCUT2D eigenvalue weighted by Crippen LogP contribution is -2.46. The Bertz CT molecular complexity index is 222. The highest BCUT2D eigenvalue weighted by atomic mass is 16.2. The van der Waals surface area contributed by atoms with Gasteiger partial charge in [0.15, 0.2) is 0 Å². The van der Waals surface area contributed by atoms with Crippen LogP contribution in [-0.2, 0) is 4.79 Å². The highest BCUT2D eigenvalue weighted by Crippen LogP contribution is 2.29. The first-order valence-corrected chi connectivity index (χ1v) is 6.56. The number of nitrogens with one attached hydrogen (secondary N) is 1. The van der Waals surface area contributed by atoms with Gasteiger partial charge < -0.3 is 10.2 Å². The summed E-state index contributed by atoms with van der Waals surface area (Å²) in [5.74, 6) is 0.338. The first-order valence-electron chi connectivity index (χ1n) is 6.56. The van der Waals surface area contributed by atoms with Gasteiger partial charge in [-0.1, -0.05) is 26.7 Å². The maximum Gasteiger partial charge on any atom is 0.228 e. The van der Waals surface area contributed by atoms with Crippen LogP contribution in [0.5, 0.6) is 0 Å². The molecule has 1 saturated heterocycles. The summed E-state index contributed by atoms with van der Waals surface area (Å²) in [4.78, 5) is 14.2. The summed E-state index contributed by atoms with van der Waals surface area (Å²) in [6.07, 6.45) is 5.51. The topological polar surface area (TPSA) is 32.3 Å². The van der Waals surface area contributed by atoms with Crippen LogP contribution in [0.1, 0.15) is 46.0 Å². The molecule has 0 unspecified atom stereocenters. The zero-order valence-corrected chi connectivity index (χ0v) is 11.0. The van der Waals surface area contributed by atoms with Crippen LogP contribution in [0.2, 0.25) is 0 Å². The summed E-state index contributed by atoms with van der Waals surface area (Å²) < 4.78 is 0. The fourth-order valence-electron chi connectivity index (χ4n) is 2.35. The Labute approximate surface area is 99.6 Å². The van der Waals surface area contributed by atoms with Crippen molar-refractivity contribution in [2.45, 2.75) is 46.0 Å². The molecule has 3 nitrogen and oxygen atoms in total. The Hall–Kier alpha value is -0.570. The zero-order chi connectivity index (χ0) is 12.0. The predicted octanol–water partition coefficient (Wildman–Crippen LogP) is 2.02. The number of piperidine rings is 1. The van der Waals surface area contributed by atoms with Crippen molar-refractivity contribution in [3.05, 3.63) is 0 Å². The molecule has 0 aliphatic carbocycles. The molecule has 3 heteroatoms. The van der Waals surface area contributed by atoms with Crippen molar-refractivity contribution < 1.29 is 4.79 Å². The predicted molar refractivity (Wildman–Crippen MR) is 67.4 cm³/mol. The molecule has 1 heterocycles. The van der Waals surface area contributed by atoms with E-state index in [1.807, 2.05) is 11.9 Å². The van der Waals surface area contributed by atoms with Crippen LogP contribution >= 0.6 is 0 Å². The second-order valence-corrected chi connectivity index (χ2v) is 5.24. The molecular formula is C13H26N2O. The van der Waals surface area contributed by atoms with Crippen LogP contribution < -0.4 is 5.32 Å². The van der Waals surface area contributed by atoms with E-state index in [-0.39, 0.29) is 5.41 Å². The van der Waals surface area contributed by atoms with Crippen molar-refractivity contribution in [3.63, 3.8) is 0 Å². The second kappa shape index (κ2) is 6.24. The molecule has 0 aromatic rings. The van der Waals surface area contributed by atoms with Crippen molar-refractivity contribution >= 4 is 5.91 Å². The van der Waals surface area contributed by atoms with E-state index in [0.717, 1.165) is 38.9 Å². The largest absolute Gasteiger partial charge is 0.345 e. The molecule has 1 rings (SSSR count). The van der Waals surface area contributed by atoms with Gasteiger partial charge in [-0.05, 0) is 32.4 Å². The summed E-state index contributed by atoms with van der Waals surface area (Å²) in [5.41, 5.74) is -0.119. The monoisotopic (exact) mass is 226 g/mol. The minimum atomic E-state index is -0.119. The zero-order valence-electron chi connectivity index (χ0n) is 11.0. The summed E-state index contributed by atoms with van der Waals surface area (Å²) in [6.45, 7) is 7.17. The number of amides is 1. The van der Waals surface area contributed by atoms with Crippen molar-refractivity contribution in [2.75, 3.05) is 26.7 Å². The van der Waals surface area contributed by atoms with E-state index >= 15 is 0 Å². The van der Waals surface area contributed by atoms with E-state index in [2.05, 4.69) is 19.2 Å². The van der Waals surface area contributed by atoms with Gasteiger partial charge >= 0.3 is 0 Å². The molecule has 0 aromatic heterocycles. The molecule has 94 valence electrons. The molecule has 0 bridgehead atoms. The van der Waals surface area contributed by atoms with Crippen LogP contribution in [0.15, 0.2) is 0 Å². The third kappa shape index (κ3) is 3.48. The van der Waals surface area contributed by atoms with E-state index in [1.54, 1.807) is 0 Å². The van der Waals surface area contributed by atoms with E-state index in [0.29, 0.717) is 5.91 Å². The summed E-state index contributed by atoms with van der Waals surface area (Å²) in [5, 5.41) is 3.32. The molecule has 1 aliphatic rings. The Morgan fingerprint density at radius 1 is 1.31 bits per heavy atom. The van der Waals surface area contributed by atoms with Gasteiger partial charge in [-0.2, -0.15) is 0 Å². The van der Waals surface area contributed by atoms with Gasteiger partial charge in [-0.15, -0.1) is 0 Å². The molecule has 1 aliphatic heterocycles. The molecule has 0 radical (unpaired) electrons. The third-order valence-corrected chi connectivity index (χ3v) is 3.67. The summed E-state index contributed by atoms with van der Waals surface area (Å²) in [6, 6.07) is 0. The van der Waals surface area contributed by atoms with Gasteiger partial charge in [0.25, 0.3) is 0 Å². The van der Waals surface area contributed by atoms with E-state index in [1.165, 1.54) is 12.8 Å². The Morgan fingerprint density at radius 3 is 2.50 bits per heavy atom. The molecule has 0 spiro atoms. The Kier molecular flexibility index (Phi) is 5.26. The van der Waals surface area contributed by atoms with E-state index in [9.17, 15) is 4.79 Å². The number of carbonyl (C=O) groups is 1. The highest BCUT2D eigenvalue weighted by molar-refractivity contribution is 5.82. The number of nitrogens with zero attached hydrogens (tertiary/aromatic N) is 1. The van der Waals surface area contributed by atoms with Gasteiger partial charge in [0.05, 0.1) is 0 Å². The van der Waals surface area contributed by atoms with Crippen LogP contribution in [0, 0.1) is 5.41 Å². The minimum absolute atomic E-state index is 0.119. The smallest absolute Gasteiger partial charge is 0.228 e. The quantitative estimate of drug-likeness (QED) is 0.727. The highest BCUT2D eigenvalue weighted by Gasteiger charge is 2.36. The first-order chi connectivity index (χ1) is 7.60. The van der Waals surface area contributed by atoms with Crippen LogP contribution in [0.25, 0.3) is 0 Å². The fraction of sp³-hybridized carbons (Fsp3) is 0.923. The minimum Gasteiger partial charge on any atom is -0.345 e. The number of hydrogen-bond donors (Lipinski definition) is 1. The van der Waals surface area contributed by atoms with Gasteiger partial charge in [0.1, 0.15) is 0 Å². The number of unbranched alkanes of at least 4 members (excludes halogenated alkanes) is 2. The van der Waals surface area contributed by atoms with Gasteiger partial charge in [-0.3, -0.25) is 4.79 Å². The van der Waals surface area contributed by atoms with Crippen LogP contribution in [0.4, 0.5) is 0 Å². The molecule has 0 saturated carbocycles. The van der Waals surface area contributed by atoms with Crippen LogP contribution in [0.3, 0.4) is 0 Å². The average Bonchev–Trinajstić information content (AvgIpc) is 2.29. The van der Waals surface area contributed by atoms with E-state index in [4.69, 9.17) is 0 Å². The number of hydrogen-bond acceptors (Lipinski definition) is 2. The first kappa shape index (κ1) is 13.5. The molecule has 1 amide bonds. The van der Waals surface area contributed by atoms with Gasteiger partial charge in [0, 0.05) is 19.0 Å². The molecule has 16 heavy (non-hydrogen) atoms. The molecule has 0 aromatic carbocycles. The number of rotatable bonds is 5. The van der Waals surface area contributed by atoms with E-state index < -0.39 is 0 Å². The molecular weight excluding hydrogens is 200 g/mol. The lowest BCUT2D eigenvalue weighted by molar-refractivity contribution is -0.141. The summed E-state index contributed by atoms with van der Waals surface area (Å²) in [7, 11) is 1.95. The number of carbonyl (C=O) groups excluding carboxylic acids is 1. The van der Waals surface area contributed by atoms with Crippen molar-refractivity contribution in [3.8, 4) is 0 Å².